The Labute approximate surface area is 147 Å². The highest BCUT2D eigenvalue weighted by molar-refractivity contribution is 6.08. The van der Waals surface area contributed by atoms with E-state index in [1.54, 1.807) is 0 Å². The van der Waals surface area contributed by atoms with Gasteiger partial charge in [-0.3, -0.25) is 0 Å². The summed E-state index contributed by atoms with van der Waals surface area (Å²) >= 11 is 0. The first kappa shape index (κ1) is 15.6. The zero-order valence-electron chi connectivity index (χ0n) is 14.4. The quantitative estimate of drug-likeness (QED) is 0.505. The molecule has 0 aliphatic heterocycles. The number of aliphatic hydroxyl groups excluding tert-OH is 1. The fourth-order valence-electron chi connectivity index (χ4n) is 3.14. The minimum Gasteiger partial charge on any atom is -0.392 e. The van der Waals surface area contributed by atoms with E-state index in [4.69, 9.17) is 4.98 Å². The molecule has 2 N–H and O–H groups in total. The van der Waals surface area contributed by atoms with Gasteiger partial charge < -0.3 is 10.4 Å². The molecule has 124 valence electrons. The Morgan fingerprint density at radius 2 is 1.36 bits per heavy atom. The molecule has 3 heteroatoms. The molecule has 3 nitrogen and oxygen atoms in total. The number of rotatable bonds is 3. The molecule has 3 aromatic carbocycles. The number of fused-ring (bicyclic) bond motifs is 2. The van der Waals surface area contributed by atoms with E-state index < -0.39 is 0 Å². The Balaban J connectivity index is 1.94. The van der Waals surface area contributed by atoms with Gasteiger partial charge in [0.2, 0.25) is 0 Å². The first-order valence-corrected chi connectivity index (χ1v) is 8.41. The van der Waals surface area contributed by atoms with Crippen molar-refractivity contribution < 1.29 is 5.11 Å². The summed E-state index contributed by atoms with van der Waals surface area (Å²) in [7, 11) is 0. The Morgan fingerprint density at radius 3 is 1.88 bits per heavy atom. The van der Waals surface area contributed by atoms with E-state index in [0.717, 1.165) is 38.7 Å². The zero-order valence-corrected chi connectivity index (χ0v) is 14.4. The lowest BCUT2D eigenvalue weighted by atomic mass is 10.0. The molecule has 4 rings (SSSR count). The molecule has 0 saturated carbocycles. The summed E-state index contributed by atoms with van der Waals surface area (Å²) in [5, 5.41) is 15.0. The van der Waals surface area contributed by atoms with Crippen LogP contribution in [-0.4, -0.2) is 10.1 Å². The molecule has 0 radical (unpaired) electrons. The molecule has 4 aromatic rings. The number of benzene rings is 3. The lowest BCUT2D eigenvalue weighted by molar-refractivity contribution is 0.282. The van der Waals surface area contributed by atoms with E-state index in [2.05, 4.69) is 55.6 Å². The molecule has 0 unspecified atom stereocenters. The van der Waals surface area contributed by atoms with Crippen molar-refractivity contribution >= 4 is 33.2 Å². The number of hydrogen-bond acceptors (Lipinski definition) is 3. The van der Waals surface area contributed by atoms with Gasteiger partial charge in [0.15, 0.2) is 0 Å². The van der Waals surface area contributed by atoms with Crippen LogP contribution >= 0.6 is 0 Å². The van der Waals surface area contributed by atoms with E-state index in [1.807, 2.05) is 24.3 Å². The first-order chi connectivity index (χ1) is 12.1. The fraction of sp³-hybridized carbons (Fsp3) is 0.136. The largest absolute Gasteiger partial charge is 0.392 e. The Bertz CT molecular complexity index is 1010. The van der Waals surface area contributed by atoms with Gasteiger partial charge in [0, 0.05) is 16.5 Å². The van der Waals surface area contributed by atoms with E-state index in [-0.39, 0.29) is 6.61 Å². The number of nitrogens with one attached hydrogen (secondary N) is 1. The van der Waals surface area contributed by atoms with Gasteiger partial charge in [0.05, 0.1) is 23.3 Å². The summed E-state index contributed by atoms with van der Waals surface area (Å²) in [4.78, 5) is 4.86. The fourth-order valence-corrected chi connectivity index (χ4v) is 3.14. The smallest absolute Gasteiger partial charge is 0.0733 e. The van der Waals surface area contributed by atoms with E-state index in [0.29, 0.717) is 0 Å². The minimum atomic E-state index is 0.0555. The minimum absolute atomic E-state index is 0.0555. The lowest BCUT2D eigenvalue weighted by Gasteiger charge is -2.14. The second-order valence-corrected chi connectivity index (χ2v) is 6.51. The van der Waals surface area contributed by atoms with Crippen molar-refractivity contribution in [2.75, 3.05) is 5.32 Å². The van der Waals surface area contributed by atoms with Crippen molar-refractivity contribution in [3.8, 4) is 0 Å². The molecule has 0 bridgehead atoms. The number of aliphatic hydroxyl groups is 1. The number of hydrogen-bond donors (Lipinski definition) is 2. The van der Waals surface area contributed by atoms with Crippen LogP contribution in [0, 0.1) is 13.8 Å². The van der Waals surface area contributed by atoms with Crippen LogP contribution in [0.5, 0.6) is 0 Å². The molecule has 1 heterocycles. The van der Waals surface area contributed by atoms with E-state index >= 15 is 0 Å². The van der Waals surface area contributed by atoms with Crippen LogP contribution in [0.4, 0.5) is 11.4 Å². The molecule has 0 fully saturated rings. The number of pyridine rings is 1. The van der Waals surface area contributed by atoms with Crippen LogP contribution in [0.25, 0.3) is 21.8 Å². The summed E-state index contributed by atoms with van der Waals surface area (Å²) in [6.07, 6.45) is 0. The van der Waals surface area contributed by atoms with E-state index in [9.17, 15) is 5.11 Å². The Morgan fingerprint density at radius 1 is 0.800 bits per heavy atom. The predicted molar refractivity (Wildman–Crippen MR) is 104 cm³/mol. The molecule has 0 spiro atoms. The van der Waals surface area contributed by atoms with Gasteiger partial charge in [-0.15, -0.1) is 0 Å². The van der Waals surface area contributed by atoms with Crippen LogP contribution < -0.4 is 5.32 Å². The third kappa shape index (κ3) is 2.94. The Kier molecular flexibility index (Phi) is 3.86. The highest BCUT2D eigenvalue weighted by atomic mass is 16.3. The normalized spacial score (nSPS) is 11.2. The second-order valence-electron chi connectivity index (χ2n) is 6.51. The number of aryl methyl sites for hydroxylation is 2. The van der Waals surface area contributed by atoms with Gasteiger partial charge in [-0.1, -0.05) is 36.4 Å². The molecule has 0 saturated heterocycles. The molecule has 25 heavy (non-hydrogen) atoms. The maximum Gasteiger partial charge on any atom is 0.0733 e. The van der Waals surface area contributed by atoms with Crippen LogP contribution in [-0.2, 0) is 6.61 Å². The van der Waals surface area contributed by atoms with Crippen molar-refractivity contribution in [3.63, 3.8) is 0 Å². The van der Waals surface area contributed by atoms with Crippen LogP contribution in [0.15, 0.2) is 60.7 Å². The standard InChI is InChI=1S/C22H20N2O/c1-14-3-9-18-20(11-14)24-21-12-15(2)4-10-19(21)22(18)23-17-7-5-16(13-25)6-8-17/h3-12,25H,13H2,1-2H3,(H,23,24). The molecule has 0 atom stereocenters. The second kappa shape index (κ2) is 6.19. The Hall–Kier alpha value is -2.91. The zero-order chi connectivity index (χ0) is 17.4. The van der Waals surface area contributed by atoms with Crippen molar-refractivity contribution in [3.05, 3.63) is 77.4 Å². The highest BCUT2D eigenvalue weighted by Gasteiger charge is 2.10. The van der Waals surface area contributed by atoms with Crippen molar-refractivity contribution in [1.82, 2.24) is 4.98 Å². The van der Waals surface area contributed by atoms with Crippen LogP contribution in [0.1, 0.15) is 16.7 Å². The number of aromatic nitrogens is 1. The van der Waals surface area contributed by atoms with Gasteiger partial charge >= 0.3 is 0 Å². The number of nitrogens with zero attached hydrogens (tertiary/aromatic N) is 1. The van der Waals surface area contributed by atoms with E-state index in [1.165, 1.54) is 11.1 Å². The lowest BCUT2D eigenvalue weighted by Crippen LogP contribution is -1.96. The summed E-state index contributed by atoms with van der Waals surface area (Å²) < 4.78 is 0. The first-order valence-electron chi connectivity index (χ1n) is 8.41. The highest BCUT2D eigenvalue weighted by Crippen LogP contribution is 2.34. The van der Waals surface area contributed by atoms with Crippen molar-refractivity contribution in [2.24, 2.45) is 0 Å². The third-order valence-corrected chi connectivity index (χ3v) is 4.49. The molecule has 0 aliphatic carbocycles. The average Bonchev–Trinajstić information content (AvgIpc) is 2.61. The molecular formula is C22H20N2O. The SMILES string of the molecule is Cc1ccc2c(Nc3ccc(CO)cc3)c3ccc(C)cc3nc2c1. The molecule has 1 aromatic heterocycles. The maximum absolute atomic E-state index is 9.22. The van der Waals surface area contributed by atoms with Gasteiger partial charge in [0.25, 0.3) is 0 Å². The maximum atomic E-state index is 9.22. The molecular weight excluding hydrogens is 308 g/mol. The molecule has 0 aliphatic rings. The molecule has 0 amide bonds. The summed E-state index contributed by atoms with van der Waals surface area (Å²) in [6, 6.07) is 20.6. The van der Waals surface area contributed by atoms with Gasteiger partial charge in [-0.05, 0) is 54.8 Å². The summed E-state index contributed by atoms with van der Waals surface area (Å²) in [6.45, 7) is 4.23. The third-order valence-electron chi connectivity index (χ3n) is 4.49. The van der Waals surface area contributed by atoms with Crippen LogP contribution in [0.2, 0.25) is 0 Å². The summed E-state index contributed by atoms with van der Waals surface area (Å²) in [5.41, 5.74) is 7.35. The monoisotopic (exact) mass is 328 g/mol. The van der Waals surface area contributed by atoms with Gasteiger partial charge in [0.1, 0.15) is 0 Å². The van der Waals surface area contributed by atoms with Gasteiger partial charge in [-0.2, -0.15) is 0 Å². The number of anilines is 2. The van der Waals surface area contributed by atoms with Crippen molar-refractivity contribution in [1.29, 1.82) is 0 Å². The van der Waals surface area contributed by atoms with Gasteiger partial charge in [-0.25, -0.2) is 4.98 Å². The van der Waals surface area contributed by atoms with Crippen LogP contribution in [0.3, 0.4) is 0 Å². The topological polar surface area (TPSA) is 45.1 Å². The van der Waals surface area contributed by atoms with Crippen molar-refractivity contribution in [2.45, 2.75) is 20.5 Å². The summed E-state index contributed by atoms with van der Waals surface area (Å²) in [5.74, 6) is 0. The predicted octanol–water partition coefficient (Wildman–Crippen LogP) is 5.24. The average molecular weight is 328 g/mol.